The number of fused-ring (bicyclic) bond motifs is 3. The first kappa shape index (κ1) is 20.8. The Bertz CT molecular complexity index is 1600. The fraction of sp³-hybridized carbons (Fsp3) is 0. The van der Waals surface area contributed by atoms with Crippen molar-refractivity contribution in [3.8, 4) is 11.1 Å². The summed E-state index contributed by atoms with van der Waals surface area (Å²) >= 11 is 0. The van der Waals surface area contributed by atoms with Crippen LogP contribution in [0.2, 0.25) is 0 Å². The van der Waals surface area contributed by atoms with Crippen molar-refractivity contribution >= 4 is 45.3 Å². The quantitative estimate of drug-likeness (QED) is 0.284. The molecule has 0 aromatic heterocycles. The van der Waals surface area contributed by atoms with E-state index >= 15 is 0 Å². The van der Waals surface area contributed by atoms with Crippen LogP contribution in [0.15, 0.2) is 121 Å². The second kappa shape index (κ2) is 8.54. The molecule has 5 aromatic carbocycles. The number of para-hydroxylation sites is 1. The van der Waals surface area contributed by atoms with Gasteiger partial charge >= 0.3 is 0 Å². The third kappa shape index (κ3) is 3.73. The molecule has 35 heavy (non-hydrogen) atoms. The lowest BCUT2D eigenvalue weighted by atomic mass is 9.89. The van der Waals surface area contributed by atoms with Gasteiger partial charge in [-0.1, -0.05) is 84.9 Å². The van der Waals surface area contributed by atoms with Crippen molar-refractivity contribution in [3.05, 3.63) is 132 Å². The highest BCUT2D eigenvalue weighted by molar-refractivity contribution is 6.53. The number of allylic oxidation sites excluding steroid dienone is 1. The van der Waals surface area contributed by atoms with Gasteiger partial charge in [0.1, 0.15) is 0 Å². The van der Waals surface area contributed by atoms with E-state index in [1.54, 1.807) is 6.08 Å². The topological polar surface area (TPSA) is 50.9 Å². The molecule has 5 aromatic rings. The number of hydrogen-bond acceptors (Lipinski definition) is 3. The van der Waals surface area contributed by atoms with Crippen LogP contribution in [0.3, 0.4) is 0 Å². The Labute approximate surface area is 204 Å². The molecular formula is C32H23N3. The lowest BCUT2D eigenvalue weighted by molar-refractivity contribution is 1.29. The van der Waals surface area contributed by atoms with Crippen molar-refractivity contribution in [2.75, 3.05) is 4.90 Å². The third-order valence-corrected chi connectivity index (χ3v) is 6.49. The highest BCUT2D eigenvalue weighted by Gasteiger charge is 2.19. The molecule has 0 aliphatic heterocycles. The summed E-state index contributed by atoms with van der Waals surface area (Å²) in [4.78, 5) is 2.24. The van der Waals surface area contributed by atoms with Crippen molar-refractivity contribution in [3.63, 3.8) is 0 Å². The Balaban J connectivity index is 1.51. The normalized spacial score (nSPS) is 12.6. The maximum Gasteiger partial charge on any atom is 0.0873 e. The average molecular weight is 450 g/mol. The van der Waals surface area contributed by atoms with Gasteiger partial charge in [-0.3, -0.25) is 10.8 Å². The summed E-state index contributed by atoms with van der Waals surface area (Å²) in [6, 6.07) is 39.8. The molecule has 0 atom stereocenters. The molecule has 0 unspecified atom stereocenters. The lowest BCUT2D eigenvalue weighted by Crippen LogP contribution is -2.16. The molecule has 0 radical (unpaired) electrons. The standard InChI is InChI=1S/C32H23N3/c33-30-20-16-25-12-11-24-15-19-28(21-29(24)31(25)32(30)34)35(26-9-5-2-6-10-26)27-17-13-23(14-18-27)22-7-3-1-4-8-22/h1-21,33-34H. The zero-order valence-electron chi connectivity index (χ0n) is 19.1. The van der Waals surface area contributed by atoms with Crippen molar-refractivity contribution in [2.45, 2.75) is 0 Å². The highest BCUT2D eigenvalue weighted by Crippen LogP contribution is 2.38. The summed E-state index contributed by atoms with van der Waals surface area (Å²) in [7, 11) is 0. The van der Waals surface area contributed by atoms with Crippen molar-refractivity contribution in [1.82, 2.24) is 0 Å². The summed E-state index contributed by atoms with van der Waals surface area (Å²) in [5.74, 6) is 0. The number of nitrogens with one attached hydrogen (secondary N) is 2. The fourth-order valence-electron chi connectivity index (χ4n) is 4.73. The van der Waals surface area contributed by atoms with Gasteiger partial charge in [-0.15, -0.1) is 0 Å². The minimum atomic E-state index is 0.242. The Morgan fingerprint density at radius 3 is 1.86 bits per heavy atom. The molecule has 0 saturated carbocycles. The Morgan fingerprint density at radius 1 is 0.514 bits per heavy atom. The zero-order chi connectivity index (χ0) is 23.8. The van der Waals surface area contributed by atoms with Crippen LogP contribution in [-0.4, -0.2) is 11.4 Å². The number of nitrogens with zero attached hydrogens (tertiary/aromatic N) is 1. The van der Waals surface area contributed by atoms with Gasteiger partial charge in [0.2, 0.25) is 0 Å². The summed E-state index contributed by atoms with van der Waals surface area (Å²) in [6.45, 7) is 0. The van der Waals surface area contributed by atoms with Crippen LogP contribution in [0.4, 0.5) is 17.1 Å². The Kier molecular flexibility index (Phi) is 5.08. The van der Waals surface area contributed by atoms with Crippen LogP contribution < -0.4 is 4.90 Å². The van der Waals surface area contributed by atoms with Gasteiger partial charge in [0.25, 0.3) is 0 Å². The Hall–Kier alpha value is -4.76. The molecule has 6 rings (SSSR count). The van der Waals surface area contributed by atoms with Crippen molar-refractivity contribution < 1.29 is 0 Å². The minimum Gasteiger partial charge on any atom is -0.310 e. The van der Waals surface area contributed by atoms with Crippen molar-refractivity contribution in [2.24, 2.45) is 0 Å². The fourth-order valence-corrected chi connectivity index (χ4v) is 4.73. The van der Waals surface area contributed by atoms with E-state index in [1.807, 2.05) is 36.4 Å². The van der Waals surface area contributed by atoms with E-state index in [2.05, 4.69) is 89.8 Å². The van der Waals surface area contributed by atoms with E-state index in [4.69, 9.17) is 10.8 Å². The van der Waals surface area contributed by atoms with Gasteiger partial charge in [-0.05, 0) is 69.9 Å². The highest BCUT2D eigenvalue weighted by atomic mass is 15.1. The monoisotopic (exact) mass is 449 g/mol. The molecular weight excluding hydrogens is 426 g/mol. The first-order valence-electron chi connectivity index (χ1n) is 11.6. The van der Waals surface area contributed by atoms with Gasteiger partial charge in [0.05, 0.1) is 11.4 Å². The number of hydrogen-bond donors (Lipinski definition) is 2. The molecule has 0 heterocycles. The van der Waals surface area contributed by atoms with Gasteiger partial charge in [-0.2, -0.15) is 0 Å². The van der Waals surface area contributed by atoms with E-state index in [0.29, 0.717) is 0 Å². The molecule has 0 amide bonds. The van der Waals surface area contributed by atoms with E-state index in [9.17, 15) is 0 Å². The van der Waals surface area contributed by atoms with Crippen LogP contribution in [0.5, 0.6) is 0 Å². The molecule has 0 saturated heterocycles. The van der Waals surface area contributed by atoms with E-state index in [1.165, 1.54) is 11.1 Å². The zero-order valence-corrected chi connectivity index (χ0v) is 19.1. The molecule has 3 nitrogen and oxygen atoms in total. The average Bonchev–Trinajstić information content (AvgIpc) is 2.92. The predicted molar refractivity (Wildman–Crippen MR) is 148 cm³/mol. The van der Waals surface area contributed by atoms with Gasteiger partial charge in [-0.25, -0.2) is 0 Å². The number of benzene rings is 5. The summed E-state index contributed by atoms with van der Waals surface area (Å²) < 4.78 is 0. The van der Waals surface area contributed by atoms with Crippen molar-refractivity contribution in [1.29, 1.82) is 10.8 Å². The van der Waals surface area contributed by atoms with E-state index < -0.39 is 0 Å². The minimum absolute atomic E-state index is 0.242. The van der Waals surface area contributed by atoms with Gasteiger partial charge in [0.15, 0.2) is 0 Å². The molecule has 0 fully saturated rings. The SMILES string of the molecule is N=C1C=Cc2ccc3ccc(N(c4ccccc4)c4ccc(-c5ccccc5)cc4)cc3c2C1=N. The van der Waals surface area contributed by atoms with Crippen LogP contribution in [0.25, 0.3) is 28.0 Å². The third-order valence-electron chi connectivity index (χ3n) is 6.49. The number of rotatable bonds is 4. The number of anilines is 3. The smallest absolute Gasteiger partial charge is 0.0873 e. The molecule has 1 aliphatic carbocycles. The lowest BCUT2D eigenvalue weighted by Gasteiger charge is -2.26. The first-order chi connectivity index (χ1) is 17.2. The maximum atomic E-state index is 8.58. The van der Waals surface area contributed by atoms with Gasteiger partial charge < -0.3 is 4.90 Å². The summed E-state index contributed by atoms with van der Waals surface area (Å²) in [6.07, 6.45) is 3.63. The Morgan fingerprint density at radius 2 is 1.11 bits per heavy atom. The molecule has 166 valence electrons. The van der Waals surface area contributed by atoms with Crippen LogP contribution in [0.1, 0.15) is 11.1 Å². The van der Waals surface area contributed by atoms with E-state index in [-0.39, 0.29) is 11.4 Å². The van der Waals surface area contributed by atoms with Crippen LogP contribution in [-0.2, 0) is 0 Å². The molecule has 2 N–H and O–H groups in total. The molecule has 0 spiro atoms. The summed E-state index contributed by atoms with van der Waals surface area (Å²) in [5.41, 5.74) is 7.81. The predicted octanol–water partition coefficient (Wildman–Crippen LogP) is 8.39. The van der Waals surface area contributed by atoms with Crippen LogP contribution in [0, 0.1) is 10.8 Å². The first-order valence-corrected chi connectivity index (χ1v) is 11.6. The van der Waals surface area contributed by atoms with Crippen LogP contribution >= 0.6 is 0 Å². The second-order valence-electron chi connectivity index (χ2n) is 8.64. The second-order valence-corrected chi connectivity index (χ2v) is 8.64. The largest absolute Gasteiger partial charge is 0.310 e. The maximum absolute atomic E-state index is 8.58. The van der Waals surface area contributed by atoms with Gasteiger partial charge in [0, 0.05) is 22.6 Å². The molecule has 0 bridgehead atoms. The summed E-state index contributed by atoms with van der Waals surface area (Å²) in [5, 5.41) is 18.8. The molecule has 3 heteroatoms. The van der Waals surface area contributed by atoms with E-state index in [0.717, 1.165) is 39.0 Å². The molecule has 1 aliphatic rings.